The Morgan fingerprint density at radius 2 is 1.79 bits per heavy atom. The van der Waals surface area contributed by atoms with Crippen molar-refractivity contribution in [3.05, 3.63) is 53.6 Å². The first-order valence-corrected chi connectivity index (χ1v) is 6.28. The van der Waals surface area contributed by atoms with Crippen molar-refractivity contribution in [1.29, 1.82) is 0 Å². The van der Waals surface area contributed by atoms with Crippen molar-refractivity contribution in [2.24, 2.45) is 0 Å². The first-order chi connectivity index (χ1) is 9.09. The number of benzene rings is 2. The second-order valence-electron chi connectivity index (χ2n) is 4.76. The number of phenols is 1. The molecule has 1 aliphatic carbocycles. The molecule has 1 unspecified atom stereocenters. The number of Topliss-reactive ketones (excluding diaryl/α,β-unsaturated/α-hetero) is 1. The van der Waals surface area contributed by atoms with Crippen molar-refractivity contribution < 1.29 is 15.0 Å². The van der Waals surface area contributed by atoms with Crippen LogP contribution in [0, 0.1) is 0 Å². The zero-order valence-electron chi connectivity index (χ0n) is 10.6. The van der Waals surface area contributed by atoms with Gasteiger partial charge >= 0.3 is 0 Å². The Morgan fingerprint density at radius 3 is 2.53 bits per heavy atom. The number of carbonyl (C=O) groups excluding carboxylic acids is 1. The van der Waals surface area contributed by atoms with Crippen LogP contribution in [0.2, 0.25) is 0 Å². The van der Waals surface area contributed by atoms with Crippen LogP contribution in [-0.4, -0.2) is 16.0 Å². The lowest BCUT2D eigenvalue weighted by molar-refractivity contribution is -0.133. The van der Waals surface area contributed by atoms with Gasteiger partial charge in [-0.15, -0.1) is 0 Å². The van der Waals surface area contributed by atoms with E-state index in [9.17, 15) is 15.0 Å². The largest absolute Gasteiger partial charge is 0.508 e. The van der Waals surface area contributed by atoms with Crippen LogP contribution in [0.1, 0.15) is 24.5 Å². The number of aliphatic hydroxyl groups is 1. The molecule has 0 saturated carbocycles. The molecule has 0 fully saturated rings. The molecule has 1 atom stereocenters. The zero-order valence-corrected chi connectivity index (χ0v) is 10.6. The maximum atomic E-state index is 12.2. The van der Waals surface area contributed by atoms with E-state index in [1.54, 1.807) is 31.2 Å². The van der Waals surface area contributed by atoms with Gasteiger partial charge in [0.05, 0.1) is 0 Å². The van der Waals surface area contributed by atoms with E-state index in [0.717, 1.165) is 11.1 Å². The van der Waals surface area contributed by atoms with Crippen molar-refractivity contribution in [1.82, 2.24) is 0 Å². The summed E-state index contributed by atoms with van der Waals surface area (Å²) in [7, 11) is 0. The average molecular weight is 254 g/mol. The van der Waals surface area contributed by atoms with Crippen molar-refractivity contribution in [3.63, 3.8) is 0 Å². The van der Waals surface area contributed by atoms with Crippen LogP contribution in [-0.2, 0) is 10.4 Å². The lowest BCUT2D eigenvalue weighted by atomic mass is 9.86. The number of rotatable bonds is 2. The van der Waals surface area contributed by atoms with Crippen LogP contribution in [0.3, 0.4) is 0 Å². The fraction of sp³-hybridized carbons (Fsp3) is 0.188. The molecule has 1 aliphatic rings. The number of aromatic hydroxyl groups is 1. The minimum absolute atomic E-state index is 0.0499. The molecule has 3 heteroatoms. The fourth-order valence-electron chi connectivity index (χ4n) is 2.80. The summed E-state index contributed by atoms with van der Waals surface area (Å²) in [4.78, 5) is 12.2. The quantitative estimate of drug-likeness (QED) is 0.866. The van der Waals surface area contributed by atoms with Crippen molar-refractivity contribution >= 4 is 5.78 Å². The van der Waals surface area contributed by atoms with Crippen molar-refractivity contribution in [2.75, 3.05) is 0 Å². The molecule has 0 aliphatic heterocycles. The summed E-state index contributed by atoms with van der Waals surface area (Å²) in [6, 6.07) is 12.1. The van der Waals surface area contributed by atoms with E-state index >= 15 is 0 Å². The zero-order chi connectivity index (χ0) is 13.6. The van der Waals surface area contributed by atoms with Gasteiger partial charge in [0, 0.05) is 17.5 Å². The van der Waals surface area contributed by atoms with Crippen LogP contribution in [0.15, 0.2) is 42.5 Å². The number of carbonyl (C=O) groups is 1. The highest BCUT2D eigenvalue weighted by Crippen LogP contribution is 2.49. The SMILES string of the molecule is CCC(=O)C1(O)c2ccccc2-c2ccc(O)cc21. The molecule has 0 spiro atoms. The van der Waals surface area contributed by atoms with Gasteiger partial charge < -0.3 is 10.2 Å². The summed E-state index contributed by atoms with van der Waals surface area (Å²) in [5, 5.41) is 20.6. The number of hydrogen-bond acceptors (Lipinski definition) is 3. The van der Waals surface area contributed by atoms with Gasteiger partial charge in [-0.25, -0.2) is 0 Å². The van der Waals surface area contributed by atoms with Gasteiger partial charge in [0.25, 0.3) is 0 Å². The second kappa shape index (κ2) is 3.93. The summed E-state index contributed by atoms with van der Waals surface area (Å²) in [6.07, 6.45) is 0.236. The molecule has 0 radical (unpaired) electrons. The number of hydrogen-bond donors (Lipinski definition) is 2. The first-order valence-electron chi connectivity index (χ1n) is 6.28. The van der Waals surface area contributed by atoms with Gasteiger partial charge in [-0.3, -0.25) is 4.79 Å². The summed E-state index contributed by atoms with van der Waals surface area (Å²) in [5.74, 6) is -0.210. The van der Waals surface area contributed by atoms with Gasteiger partial charge in [0.15, 0.2) is 11.4 Å². The van der Waals surface area contributed by atoms with E-state index in [2.05, 4.69) is 0 Å². The summed E-state index contributed by atoms with van der Waals surface area (Å²) >= 11 is 0. The van der Waals surface area contributed by atoms with Gasteiger partial charge in [-0.2, -0.15) is 0 Å². The predicted octanol–water partition coefficient (Wildman–Crippen LogP) is 2.59. The third kappa shape index (κ3) is 1.45. The highest BCUT2D eigenvalue weighted by atomic mass is 16.3. The van der Waals surface area contributed by atoms with E-state index in [0.29, 0.717) is 11.1 Å². The monoisotopic (exact) mass is 254 g/mol. The normalized spacial score (nSPS) is 19.9. The van der Waals surface area contributed by atoms with E-state index in [4.69, 9.17) is 0 Å². The lowest BCUT2D eigenvalue weighted by Gasteiger charge is -2.23. The Morgan fingerprint density at radius 1 is 1.11 bits per heavy atom. The Balaban J connectivity index is 2.38. The second-order valence-corrected chi connectivity index (χ2v) is 4.76. The highest BCUT2D eigenvalue weighted by molar-refractivity contribution is 5.99. The number of phenolic OH excluding ortho intramolecular Hbond substituents is 1. The number of fused-ring (bicyclic) bond motifs is 3. The van der Waals surface area contributed by atoms with E-state index in [1.165, 1.54) is 6.07 Å². The summed E-state index contributed by atoms with van der Waals surface area (Å²) in [6.45, 7) is 1.73. The predicted molar refractivity (Wildman–Crippen MR) is 71.8 cm³/mol. The van der Waals surface area contributed by atoms with Crippen LogP contribution >= 0.6 is 0 Å². The molecule has 96 valence electrons. The van der Waals surface area contributed by atoms with Gasteiger partial charge in [0.1, 0.15) is 5.75 Å². The van der Waals surface area contributed by atoms with E-state index in [1.807, 2.05) is 12.1 Å². The molecule has 0 bridgehead atoms. The number of ketones is 1. The lowest BCUT2D eigenvalue weighted by Crippen LogP contribution is -2.34. The standard InChI is InChI=1S/C16H14O3/c1-2-15(18)16(19)13-6-4-3-5-11(13)12-8-7-10(17)9-14(12)16/h3-9,17,19H,2H2,1H3. The molecular formula is C16H14O3. The van der Waals surface area contributed by atoms with Gasteiger partial charge in [0.2, 0.25) is 0 Å². The molecule has 0 heterocycles. The molecule has 2 aromatic carbocycles. The molecule has 19 heavy (non-hydrogen) atoms. The average Bonchev–Trinajstić information content (AvgIpc) is 2.69. The van der Waals surface area contributed by atoms with Crippen molar-refractivity contribution in [3.8, 4) is 16.9 Å². The highest BCUT2D eigenvalue weighted by Gasteiger charge is 2.46. The van der Waals surface area contributed by atoms with Gasteiger partial charge in [-0.1, -0.05) is 37.3 Å². The molecule has 0 amide bonds. The molecule has 0 saturated heterocycles. The maximum absolute atomic E-state index is 12.2. The maximum Gasteiger partial charge on any atom is 0.174 e. The Labute approximate surface area is 111 Å². The van der Waals surface area contributed by atoms with E-state index in [-0.39, 0.29) is 18.0 Å². The van der Waals surface area contributed by atoms with E-state index < -0.39 is 5.60 Å². The third-order valence-electron chi connectivity index (χ3n) is 3.72. The molecule has 0 aromatic heterocycles. The third-order valence-corrected chi connectivity index (χ3v) is 3.72. The topological polar surface area (TPSA) is 57.5 Å². The minimum Gasteiger partial charge on any atom is -0.508 e. The fourth-order valence-corrected chi connectivity index (χ4v) is 2.80. The summed E-state index contributed by atoms with van der Waals surface area (Å²) < 4.78 is 0. The Hall–Kier alpha value is -2.13. The van der Waals surface area contributed by atoms with Gasteiger partial charge in [-0.05, 0) is 23.3 Å². The van der Waals surface area contributed by atoms with Crippen LogP contribution in [0.4, 0.5) is 0 Å². The molecule has 2 N–H and O–H groups in total. The minimum atomic E-state index is -1.64. The Bertz CT molecular complexity index is 675. The molecule has 2 aromatic rings. The molecular weight excluding hydrogens is 240 g/mol. The summed E-state index contributed by atoms with van der Waals surface area (Å²) in [5.41, 5.74) is 1.09. The van der Waals surface area contributed by atoms with Crippen LogP contribution in [0.25, 0.3) is 11.1 Å². The van der Waals surface area contributed by atoms with Crippen LogP contribution in [0.5, 0.6) is 5.75 Å². The smallest absolute Gasteiger partial charge is 0.174 e. The van der Waals surface area contributed by atoms with Crippen LogP contribution < -0.4 is 0 Å². The molecule has 3 nitrogen and oxygen atoms in total. The first kappa shape index (κ1) is 11.9. The molecule has 3 rings (SSSR count). The van der Waals surface area contributed by atoms with Crippen molar-refractivity contribution in [2.45, 2.75) is 18.9 Å². The Kier molecular flexibility index (Phi) is 2.47.